The fourth-order valence-corrected chi connectivity index (χ4v) is 2.76. The molecule has 3 heteroatoms. The van der Waals surface area contributed by atoms with Crippen molar-refractivity contribution in [2.24, 2.45) is 17.8 Å². The smallest absolute Gasteiger partial charge is 0.122 e. The van der Waals surface area contributed by atoms with Crippen LogP contribution in [0.3, 0.4) is 0 Å². The van der Waals surface area contributed by atoms with E-state index < -0.39 is 0 Å². The Balaban J connectivity index is 1.85. The first-order chi connectivity index (χ1) is 9.06. The van der Waals surface area contributed by atoms with Crippen molar-refractivity contribution in [2.75, 3.05) is 19.6 Å². The number of hydrogen-bond acceptors (Lipinski definition) is 3. The molecule has 0 aromatic carbocycles. The second-order valence-electron chi connectivity index (χ2n) is 6.54. The molecule has 0 saturated carbocycles. The van der Waals surface area contributed by atoms with Gasteiger partial charge in [-0.2, -0.15) is 0 Å². The summed E-state index contributed by atoms with van der Waals surface area (Å²) in [6.07, 6.45) is 1.82. The van der Waals surface area contributed by atoms with Crippen LogP contribution >= 0.6 is 0 Å². The molecule has 1 N–H and O–H groups in total. The van der Waals surface area contributed by atoms with E-state index in [1.54, 1.807) is 0 Å². The van der Waals surface area contributed by atoms with E-state index in [2.05, 4.69) is 44.0 Å². The molecule has 1 aromatic heterocycles. The van der Waals surface area contributed by atoms with Crippen molar-refractivity contribution in [1.29, 1.82) is 0 Å². The maximum Gasteiger partial charge on any atom is 0.122 e. The Labute approximate surface area is 117 Å². The van der Waals surface area contributed by atoms with Crippen molar-refractivity contribution in [3.05, 3.63) is 23.7 Å². The third kappa shape index (κ3) is 4.08. The summed E-state index contributed by atoms with van der Waals surface area (Å²) < 4.78 is 5.62. The quantitative estimate of drug-likeness (QED) is 0.856. The zero-order valence-corrected chi connectivity index (χ0v) is 12.8. The highest BCUT2D eigenvalue weighted by Crippen LogP contribution is 2.24. The molecule has 0 aliphatic carbocycles. The minimum absolute atomic E-state index is 0.679. The van der Waals surface area contributed by atoms with Gasteiger partial charge in [0.25, 0.3) is 0 Å². The van der Waals surface area contributed by atoms with Gasteiger partial charge in [0.2, 0.25) is 0 Å². The molecule has 2 rings (SSSR count). The van der Waals surface area contributed by atoms with Gasteiger partial charge < -0.3 is 9.73 Å². The summed E-state index contributed by atoms with van der Waals surface area (Å²) in [7, 11) is 0. The highest BCUT2D eigenvalue weighted by atomic mass is 16.3. The van der Waals surface area contributed by atoms with E-state index in [0.717, 1.165) is 37.2 Å². The third-order valence-electron chi connectivity index (χ3n) is 4.13. The summed E-state index contributed by atoms with van der Waals surface area (Å²) in [4.78, 5) is 2.55. The molecular weight excluding hydrogens is 236 g/mol. The maximum absolute atomic E-state index is 5.62. The zero-order chi connectivity index (χ0) is 13.8. The van der Waals surface area contributed by atoms with Crippen LogP contribution in [0.4, 0.5) is 0 Å². The Morgan fingerprint density at radius 1 is 1.32 bits per heavy atom. The Morgan fingerprint density at radius 2 is 2.00 bits per heavy atom. The fourth-order valence-electron chi connectivity index (χ4n) is 2.76. The van der Waals surface area contributed by atoms with Crippen molar-refractivity contribution in [1.82, 2.24) is 10.2 Å². The van der Waals surface area contributed by atoms with Gasteiger partial charge in [0.05, 0.1) is 12.8 Å². The van der Waals surface area contributed by atoms with E-state index in [-0.39, 0.29) is 0 Å². The fraction of sp³-hybridized carbons (Fsp3) is 0.750. The Bertz CT molecular complexity index is 376. The van der Waals surface area contributed by atoms with E-state index in [9.17, 15) is 0 Å². The molecule has 3 nitrogen and oxygen atoms in total. The van der Waals surface area contributed by atoms with Crippen LogP contribution in [0.5, 0.6) is 0 Å². The predicted molar refractivity (Wildman–Crippen MR) is 78.9 cm³/mol. The second-order valence-corrected chi connectivity index (χ2v) is 6.54. The highest BCUT2D eigenvalue weighted by molar-refractivity contribution is 5.17. The second kappa shape index (κ2) is 6.58. The van der Waals surface area contributed by atoms with Crippen LogP contribution < -0.4 is 5.32 Å². The lowest BCUT2D eigenvalue weighted by molar-refractivity contribution is 0.311. The molecule has 0 radical (unpaired) electrons. The molecule has 2 heterocycles. The van der Waals surface area contributed by atoms with Crippen molar-refractivity contribution < 1.29 is 4.42 Å². The van der Waals surface area contributed by atoms with Gasteiger partial charge in [-0.25, -0.2) is 0 Å². The minimum Gasteiger partial charge on any atom is -0.468 e. The van der Waals surface area contributed by atoms with Crippen LogP contribution in [0, 0.1) is 17.8 Å². The average Bonchev–Trinajstić information content (AvgIpc) is 2.88. The number of nitrogens with one attached hydrogen (secondary N) is 1. The molecule has 1 fully saturated rings. The molecule has 0 amide bonds. The molecule has 0 bridgehead atoms. The lowest BCUT2D eigenvalue weighted by Crippen LogP contribution is -2.22. The standard InChI is InChI=1S/C16H28N2O/c1-12(2)7-17-8-16-15(5-6-19-16)11-18-9-13(3)14(4)10-18/h5-6,12-14,17H,7-11H2,1-4H3. The molecule has 1 aliphatic heterocycles. The van der Waals surface area contributed by atoms with Gasteiger partial charge >= 0.3 is 0 Å². The van der Waals surface area contributed by atoms with Crippen molar-refractivity contribution in [3.8, 4) is 0 Å². The van der Waals surface area contributed by atoms with Gasteiger partial charge in [-0.05, 0) is 30.4 Å². The van der Waals surface area contributed by atoms with E-state index in [1.165, 1.54) is 18.7 Å². The van der Waals surface area contributed by atoms with Crippen LogP contribution in [0.25, 0.3) is 0 Å². The Hall–Kier alpha value is -0.800. The summed E-state index contributed by atoms with van der Waals surface area (Å²) >= 11 is 0. The van der Waals surface area contributed by atoms with Gasteiger partial charge in [-0.15, -0.1) is 0 Å². The number of rotatable bonds is 6. The molecule has 2 unspecified atom stereocenters. The lowest BCUT2D eigenvalue weighted by Gasteiger charge is -2.15. The van der Waals surface area contributed by atoms with Crippen LogP contribution in [0.2, 0.25) is 0 Å². The molecular formula is C16H28N2O. The van der Waals surface area contributed by atoms with Gasteiger partial charge in [-0.3, -0.25) is 4.90 Å². The summed E-state index contributed by atoms with van der Waals surface area (Å²) in [5.41, 5.74) is 1.34. The molecule has 1 aromatic rings. The summed E-state index contributed by atoms with van der Waals surface area (Å²) in [6, 6.07) is 2.13. The first kappa shape index (κ1) is 14.6. The Kier molecular flexibility index (Phi) is 5.06. The Morgan fingerprint density at radius 3 is 2.63 bits per heavy atom. The molecule has 1 aliphatic rings. The van der Waals surface area contributed by atoms with E-state index >= 15 is 0 Å². The van der Waals surface area contributed by atoms with Gasteiger partial charge in [0.1, 0.15) is 5.76 Å². The third-order valence-corrected chi connectivity index (χ3v) is 4.13. The monoisotopic (exact) mass is 264 g/mol. The highest BCUT2D eigenvalue weighted by Gasteiger charge is 2.26. The largest absolute Gasteiger partial charge is 0.468 e. The van der Waals surface area contributed by atoms with E-state index in [0.29, 0.717) is 5.92 Å². The first-order valence-corrected chi connectivity index (χ1v) is 7.54. The summed E-state index contributed by atoms with van der Waals surface area (Å²) in [5.74, 6) is 3.41. The van der Waals surface area contributed by atoms with Crippen LogP contribution in [-0.4, -0.2) is 24.5 Å². The SMILES string of the molecule is CC(C)CNCc1occc1CN1CC(C)C(C)C1. The number of furan rings is 1. The molecule has 19 heavy (non-hydrogen) atoms. The first-order valence-electron chi connectivity index (χ1n) is 7.54. The van der Waals surface area contributed by atoms with Gasteiger partial charge in [-0.1, -0.05) is 27.7 Å². The van der Waals surface area contributed by atoms with Crippen molar-refractivity contribution in [2.45, 2.75) is 40.8 Å². The number of hydrogen-bond donors (Lipinski definition) is 1. The van der Waals surface area contributed by atoms with E-state index in [1.807, 2.05) is 6.26 Å². The average molecular weight is 264 g/mol. The van der Waals surface area contributed by atoms with Crippen LogP contribution in [0.1, 0.15) is 39.0 Å². The molecule has 2 atom stereocenters. The van der Waals surface area contributed by atoms with Crippen molar-refractivity contribution in [3.63, 3.8) is 0 Å². The molecule has 0 spiro atoms. The number of likely N-dealkylation sites (tertiary alicyclic amines) is 1. The van der Waals surface area contributed by atoms with Gasteiger partial charge in [0.15, 0.2) is 0 Å². The predicted octanol–water partition coefficient (Wildman–Crippen LogP) is 3.11. The zero-order valence-electron chi connectivity index (χ0n) is 12.8. The van der Waals surface area contributed by atoms with E-state index in [4.69, 9.17) is 4.42 Å². The summed E-state index contributed by atoms with van der Waals surface area (Å²) in [5, 5.41) is 3.46. The maximum atomic E-state index is 5.62. The summed E-state index contributed by atoms with van der Waals surface area (Å²) in [6.45, 7) is 14.5. The molecule has 108 valence electrons. The van der Waals surface area contributed by atoms with Crippen molar-refractivity contribution >= 4 is 0 Å². The lowest BCUT2D eigenvalue weighted by atomic mass is 10.0. The minimum atomic E-state index is 0.679. The number of nitrogens with zero attached hydrogens (tertiary/aromatic N) is 1. The van der Waals surface area contributed by atoms with Crippen LogP contribution in [-0.2, 0) is 13.1 Å². The molecule has 1 saturated heterocycles. The van der Waals surface area contributed by atoms with Crippen LogP contribution in [0.15, 0.2) is 16.7 Å². The van der Waals surface area contributed by atoms with Gasteiger partial charge in [0, 0.05) is 25.2 Å². The normalized spacial score (nSPS) is 24.5. The topological polar surface area (TPSA) is 28.4 Å².